The van der Waals surface area contributed by atoms with Gasteiger partial charge in [0.05, 0.1) is 0 Å². The minimum atomic E-state index is 1.28. The summed E-state index contributed by atoms with van der Waals surface area (Å²) in [5, 5.41) is 2.09. The maximum absolute atomic E-state index is 3.00. The highest BCUT2D eigenvalue weighted by atomic mass is 32.1. The van der Waals surface area contributed by atoms with Crippen LogP contribution in [0.1, 0.15) is 0 Å². The zero-order valence-corrected chi connectivity index (χ0v) is 6.77. The van der Waals surface area contributed by atoms with Gasteiger partial charge in [-0.2, -0.15) is 0 Å². The molecule has 0 aliphatic rings. The van der Waals surface area contributed by atoms with E-state index in [9.17, 15) is 0 Å². The quantitative estimate of drug-likeness (QED) is 0.610. The SMILES string of the molecule is c1csc(-c2cc[nH+]cc2)c1. The number of aromatic amines is 1. The van der Waals surface area contributed by atoms with Crippen molar-refractivity contribution in [1.82, 2.24) is 0 Å². The van der Waals surface area contributed by atoms with Crippen LogP contribution in [0, 0.1) is 0 Å². The van der Waals surface area contributed by atoms with Crippen LogP contribution >= 0.6 is 11.3 Å². The molecule has 0 unspecified atom stereocenters. The van der Waals surface area contributed by atoms with Gasteiger partial charge in [-0.05, 0) is 11.4 Å². The van der Waals surface area contributed by atoms with Gasteiger partial charge in [0, 0.05) is 22.6 Å². The average Bonchev–Trinajstić information content (AvgIpc) is 2.58. The summed E-state index contributed by atoms with van der Waals surface area (Å²) in [5.74, 6) is 0. The van der Waals surface area contributed by atoms with Gasteiger partial charge >= 0.3 is 0 Å². The largest absolute Gasteiger partial charge is 0.218 e. The number of aromatic nitrogens is 1. The molecule has 0 atom stereocenters. The van der Waals surface area contributed by atoms with E-state index in [-0.39, 0.29) is 0 Å². The van der Waals surface area contributed by atoms with Crippen molar-refractivity contribution in [3.63, 3.8) is 0 Å². The standard InChI is InChI=1S/C9H7NS/c1-2-9(11-7-1)8-3-5-10-6-4-8/h1-7H/p+1. The fourth-order valence-corrected chi connectivity index (χ4v) is 1.73. The first kappa shape index (κ1) is 6.55. The topological polar surface area (TPSA) is 14.1 Å². The number of pyridine rings is 1. The molecule has 1 nitrogen and oxygen atoms in total. The lowest BCUT2D eigenvalue weighted by Gasteiger charge is -1.89. The monoisotopic (exact) mass is 162 g/mol. The summed E-state index contributed by atoms with van der Waals surface area (Å²) in [7, 11) is 0. The minimum Gasteiger partial charge on any atom is -0.218 e. The molecule has 54 valence electrons. The first-order chi connectivity index (χ1) is 5.47. The molecule has 2 heterocycles. The number of rotatable bonds is 1. The van der Waals surface area contributed by atoms with Crippen molar-refractivity contribution >= 4 is 11.3 Å². The van der Waals surface area contributed by atoms with Crippen molar-refractivity contribution in [3.8, 4) is 10.4 Å². The van der Waals surface area contributed by atoms with Crippen LogP contribution in [-0.4, -0.2) is 0 Å². The molecule has 0 radical (unpaired) electrons. The van der Waals surface area contributed by atoms with E-state index in [0.717, 1.165) is 0 Å². The Morgan fingerprint density at radius 3 is 2.55 bits per heavy atom. The maximum Gasteiger partial charge on any atom is 0.167 e. The molecule has 1 N–H and O–H groups in total. The second-order valence-electron chi connectivity index (χ2n) is 2.27. The maximum atomic E-state index is 3.00. The fraction of sp³-hybridized carbons (Fsp3) is 0. The van der Waals surface area contributed by atoms with Crippen LogP contribution in [0.15, 0.2) is 42.0 Å². The van der Waals surface area contributed by atoms with Crippen molar-refractivity contribution in [1.29, 1.82) is 0 Å². The van der Waals surface area contributed by atoms with Crippen LogP contribution in [0.25, 0.3) is 10.4 Å². The highest BCUT2D eigenvalue weighted by molar-refractivity contribution is 7.13. The Morgan fingerprint density at radius 1 is 1.09 bits per heavy atom. The third-order valence-corrected chi connectivity index (χ3v) is 2.44. The van der Waals surface area contributed by atoms with Crippen molar-refractivity contribution in [3.05, 3.63) is 42.0 Å². The van der Waals surface area contributed by atoms with E-state index in [4.69, 9.17) is 0 Å². The van der Waals surface area contributed by atoms with Crippen LogP contribution in [0.2, 0.25) is 0 Å². The van der Waals surface area contributed by atoms with Gasteiger partial charge in [0.1, 0.15) is 0 Å². The van der Waals surface area contributed by atoms with Crippen LogP contribution in [0.4, 0.5) is 0 Å². The van der Waals surface area contributed by atoms with Gasteiger partial charge in [0.15, 0.2) is 12.4 Å². The predicted molar refractivity (Wildman–Crippen MR) is 46.3 cm³/mol. The lowest BCUT2D eigenvalue weighted by Crippen LogP contribution is -1.96. The second kappa shape index (κ2) is 2.84. The summed E-state index contributed by atoms with van der Waals surface area (Å²) < 4.78 is 0. The van der Waals surface area contributed by atoms with E-state index >= 15 is 0 Å². The zero-order valence-electron chi connectivity index (χ0n) is 5.95. The second-order valence-corrected chi connectivity index (χ2v) is 3.21. The van der Waals surface area contributed by atoms with Crippen LogP contribution in [0.5, 0.6) is 0 Å². The summed E-state index contributed by atoms with van der Waals surface area (Å²) in [6.45, 7) is 0. The van der Waals surface area contributed by atoms with Crippen LogP contribution in [-0.2, 0) is 0 Å². The third kappa shape index (κ3) is 1.30. The molecule has 0 aliphatic heterocycles. The highest BCUT2D eigenvalue weighted by Gasteiger charge is 1.96. The van der Waals surface area contributed by atoms with E-state index in [1.807, 2.05) is 12.4 Å². The molecule has 2 aromatic heterocycles. The molecule has 0 spiro atoms. The molecule has 0 saturated heterocycles. The van der Waals surface area contributed by atoms with E-state index in [1.165, 1.54) is 10.4 Å². The molecule has 0 amide bonds. The van der Waals surface area contributed by atoms with Crippen molar-refractivity contribution < 1.29 is 4.98 Å². The zero-order chi connectivity index (χ0) is 7.52. The molecule has 0 aromatic carbocycles. The van der Waals surface area contributed by atoms with Gasteiger partial charge in [-0.25, -0.2) is 4.98 Å². The lowest BCUT2D eigenvalue weighted by molar-refractivity contribution is -0.377. The van der Waals surface area contributed by atoms with E-state index < -0.39 is 0 Å². The Balaban J connectivity index is 2.46. The summed E-state index contributed by atoms with van der Waals surface area (Å²) in [4.78, 5) is 4.32. The molecule has 11 heavy (non-hydrogen) atoms. The van der Waals surface area contributed by atoms with Gasteiger partial charge in [-0.15, -0.1) is 11.3 Å². The summed E-state index contributed by atoms with van der Waals surface area (Å²) >= 11 is 1.76. The molecule has 0 aliphatic carbocycles. The van der Waals surface area contributed by atoms with Crippen molar-refractivity contribution in [2.24, 2.45) is 0 Å². The minimum absolute atomic E-state index is 1.28. The van der Waals surface area contributed by atoms with Gasteiger partial charge in [-0.3, -0.25) is 0 Å². The van der Waals surface area contributed by atoms with Crippen molar-refractivity contribution in [2.75, 3.05) is 0 Å². The smallest absolute Gasteiger partial charge is 0.167 e. The Bertz CT molecular complexity index is 313. The number of thiophene rings is 1. The van der Waals surface area contributed by atoms with Crippen molar-refractivity contribution in [2.45, 2.75) is 0 Å². The summed E-state index contributed by atoms with van der Waals surface area (Å²) in [6.07, 6.45) is 3.88. The molecular weight excluding hydrogens is 154 g/mol. The Labute approximate surface area is 69.3 Å². The molecule has 2 rings (SSSR count). The number of H-pyrrole nitrogens is 1. The normalized spacial score (nSPS) is 9.82. The Kier molecular flexibility index (Phi) is 1.69. The van der Waals surface area contributed by atoms with E-state index in [2.05, 4.69) is 34.6 Å². The first-order valence-electron chi connectivity index (χ1n) is 3.47. The summed E-state index contributed by atoms with van der Waals surface area (Å²) in [6, 6.07) is 8.34. The molecular formula is C9H8NS+. The van der Waals surface area contributed by atoms with Gasteiger partial charge in [-0.1, -0.05) is 6.07 Å². The molecule has 0 fully saturated rings. The third-order valence-electron chi connectivity index (χ3n) is 1.52. The van der Waals surface area contributed by atoms with Gasteiger partial charge < -0.3 is 0 Å². The molecule has 0 bridgehead atoms. The Morgan fingerprint density at radius 2 is 1.91 bits per heavy atom. The predicted octanol–water partition coefficient (Wildman–Crippen LogP) is 2.23. The number of hydrogen-bond acceptors (Lipinski definition) is 1. The lowest BCUT2D eigenvalue weighted by atomic mass is 10.2. The van der Waals surface area contributed by atoms with Gasteiger partial charge in [0.2, 0.25) is 0 Å². The highest BCUT2D eigenvalue weighted by Crippen LogP contribution is 2.22. The van der Waals surface area contributed by atoms with Crippen LogP contribution < -0.4 is 4.98 Å². The van der Waals surface area contributed by atoms with Crippen LogP contribution in [0.3, 0.4) is 0 Å². The summed E-state index contributed by atoms with van der Waals surface area (Å²) in [5.41, 5.74) is 1.28. The number of nitrogens with one attached hydrogen (secondary N) is 1. The molecule has 0 saturated carbocycles. The van der Waals surface area contributed by atoms with Gasteiger partial charge in [0.25, 0.3) is 0 Å². The fourth-order valence-electron chi connectivity index (χ4n) is 0.994. The average molecular weight is 162 g/mol. The Hall–Kier alpha value is -1.15. The van der Waals surface area contributed by atoms with E-state index in [0.29, 0.717) is 0 Å². The number of hydrogen-bond donors (Lipinski definition) is 0. The molecule has 2 aromatic rings. The first-order valence-corrected chi connectivity index (χ1v) is 4.35. The molecule has 2 heteroatoms. The van der Waals surface area contributed by atoms with E-state index in [1.54, 1.807) is 11.3 Å².